The van der Waals surface area contributed by atoms with Crippen LogP contribution in [0.5, 0.6) is 5.75 Å². The van der Waals surface area contributed by atoms with Gasteiger partial charge in [0.25, 0.3) is 0 Å². The largest absolute Gasteiger partial charge is 0.488 e. The molecule has 1 aromatic carbocycles. The second-order valence-electron chi connectivity index (χ2n) is 12.4. The highest BCUT2D eigenvalue weighted by Gasteiger charge is 2.37. The molecule has 1 aromatic rings. The molecule has 0 saturated heterocycles. The lowest BCUT2D eigenvalue weighted by Gasteiger charge is -2.35. The van der Waals surface area contributed by atoms with Gasteiger partial charge >= 0.3 is 0 Å². The van der Waals surface area contributed by atoms with Crippen LogP contribution in [0.15, 0.2) is 24.3 Å². The number of carbonyl (C=O) groups is 3. The number of carbonyl (C=O) groups excluding carboxylic acids is 3. The van der Waals surface area contributed by atoms with E-state index in [1.54, 1.807) is 4.90 Å². The normalized spacial score (nSPS) is 13.8. The number of Topliss-reactive ketones (excluding diaryl/α,β-unsaturated/α-hetero) is 3. The minimum atomic E-state index is -0.607. The summed E-state index contributed by atoms with van der Waals surface area (Å²) < 4.78 is 5.91. The van der Waals surface area contributed by atoms with Crippen molar-refractivity contribution in [2.75, 3.05) is 13.1 Å². The van der Waals surface area contributed by atoms with E-state index in [2.05, 4.69) is 0 Å². The van der Waals surface area contributed by atoms with Crippen LogP contribution in [-0.2, 0) is 20.8 Å². The number of rotatable bonds is 10. The van der Waals surface area contributed by atoms with E-state index in [1.165, 1.54) is 0 Å². The van der Waals surface area contributed by atoms with Gasteiger partial charge in [-0.3, -0.25) is 19.3 Å². The number of benzene rings is 1. The van der Waals surface area contributed by atoms with E-state index >= 15 is 0 Å². The predicted molar refractivity (Wildman–Crippen MR) is 135 cm³/mol. The summed E-state index contributed by atoms with van der Waals surface area (Å²) in [5, 5.41) is 0. The zero-order valence-corrected chi connectivity index (χ0v) is 22.7. The summed E-state index contributed by atoms with van der Waals surface area (Å²) in [5.41, 5.74) is -0.498. The van der Waals surface area contributed by atoms with Crippen LogP contribution in [0.1, 0.15) is 81.7 Å². The van der Waals surface area contributed by atoms with E-state index in [0.29, 0.717) is 6.42 Å². The maximum absolute atomic E-state index is 13.6. The molecule has 1 unspecified atom stereocenters. The van der Waals surface area contributed by atoms with Gasteiger partial charge in [-0.15, -0.1) is 0 Å². The van der Waals surface area contributed by atoms with Gasteiger partial charge in [-0.25, -0.2) is 0 Å². The second-order valence-corrected chi connectivity index (χ2v) is 12.4. The average molecular weight is 460 g/mol. The van der Waals surface area contributed by atoms with E-state index in [9.17, 15) is 14.4 Å². The van der Waals surface area contributed by atoms with Gasteiger partial charge in [0.2, 0.25) is 0 Å². The molecule has 0 spiro atoms. The van der Waals surface area contributed by atoms with Crippen molar-refractivity contribution < 1.29 is 19.1 Å². The molecule has 0 N–H and O–H groups in total. The number of hydrogen-bond acceptors (Lipinski definition) is 5. The van der Waals surface area contributed by atoms with Crippen molar-refractivity contribution in [3.05, 3.63) is 29.8 Å². The highest BCUT2D eigenvalue weighted by molar-refractivity contribution is 5.92. The highest BCUT2D eigenvalue weighted by Crippen LogP contribution is 2.26. The summed E-state index contributed by atoms with van der Waals surface area (Å²) in [4.78, 5) is 41.0. The molecule has 33 heavy (non-hydrogen) atoms. The fourth-order valence-electron chi connectivity index (χ4n) is 3.24. The molecule has 5 heteroatoms. The van der Waals surface area contributed by atoms with Gasteiger partial charge in [-0.2, -0.15) is 0 Å². The summed E-state index contributed by atoms with van der Waals surface area (Å²) >= 11 is 0. The molecule has 0 aliphatic heterocycles. The third-order valence-electron chi connectivity index (χ3n) is 5.45. The van der Waals surface area contributed by atoms with Crippen LogP contribution >= 0.6 is 0 Å². The van der Waals surface area contributed by atoms with Crippen LogP contribution < -0.4 is 4.74 Å². The van der Waals surface area contributed by atoms with Crippen LogP contribution in [0.25, 0.3) is 0 Å². The zero-order chi connectivity index (χ0) is 25.8. The molecule has 0 heterocycles. The van der Waals surface area contributed by atoms with Gasteiger partial charge in [0.15, 0.2) is 11.6 Å². The quantitative estimate of drug-likeness (QED) is 0.460. The standard InChI is InChI=1S/C28H45NO4/c1-19(2)23(30)17-29(18-24(31)26(3,4)5)22(25(32)27(6,7)8)16-20-12-14-21(15-13-20)33-28(9,10)11/h12-15,19,22H,16-18H2,1-11H3. The molecule has 1 rings (SSSR count). The lowest BCUT2D eigenvalue weighted by Crippen LogP contribution is -2.52. The lowest BCUT2D eigenvalue weighted by atomic mass is 9.82. The number of hydrogen-bond donors (Lipinski definition) is 0. The molecule has 0 bridgehead atoms. The first-order chi connectivity index (χ1) is 14.8. The van der Waals surface area contributed by atoms with E-state index in [4.69, 9.17) is 4.74 Å². The first kappa shape index (κ1) is 29.0. The summed E-state index contributed by atoms with van der Waals surface area (Å²) in [5.74, 6) is 0.656. The SMILES string of the molecule is CC(C)C(=O)CN(CC(=O)C(C)(C)C)C(Cc1ccc(OC(C)(C)C)cc1)C(=O)C(C)(C)C. The second kappa shape index (κ2) is 10.9. The molecular weight excluding hydrogens is 414 g/mol. The van der Waals surface area contributed by atoms with E-state index in [1.807, 2.05) is 100 Å². The first-order valence-electron chi connectivity index (χ1n) is 11.9. The Kier molecular flexibility index (Phi) is 9.62. The molecule has 5 nitrogen and oxygen atoms in total. The molecular formula is C28H45NO4. The van der Waals surface area contributed by atoms with Gasteiger partial charge in [-0.1, -0.05) is 67.5 Å². The smallest absolute Gasteiger partial charge is 0.155 e. The Morgan fingerprint density at radius 1 is 0.818 bits per heavy atom. The van der Waals surface area contributed by atoms with Crippen LogP contribution in [-0.4, -0.2) is 47.0 Å². The van der Waals surface area contributed by atoms with Crippen LogP contribution in [0.2, 0.25) is 0 Å². The van der Waals surface area contributed by atoms with Gasteiger partial charge in [-0.05, 0) is 44.9 Å². The minimum Gasteiger partial charge on any atom is -0.488 e. The van der Waals surface area contributed by atoms with E-state index in [0.717, 1.165) is 11.3 Å². The Balaban J connectivity index is 3.34. The fourth-order valence-corrected chi connectivity index (χ4v) is 3.24. The topological polar surface area (TPSA) is 63.7 Å². The third-order valence-corrected chi connectivity index (χ3v) is 5.45. The van der Waals surface area contributed by atoms with Crippen molar-refractivity contribution >= 4 is 17.3 Å². The minimum absolute atomic E-state index is 0.0136. The number of nitrogens with zero attached hydrogens (tertiary/aromatic N) is 1. The maximum atomic E-state index is 13.6. The van der Waals surface area contributed by atoms with E-state index in [-0.39, 0.29) is 42.0 Å². The summed E-state index contributed by atoms with van der Waals surface area (Å²) in [6.45, 7) is 21.1. The summed E-state index contributed by atoms with van der Waals surface area (Å²) in [6.07, 6.45) is 0.425. The van der Waals surface area contributed by atoms with Crippen LogP contribution in [0, 0.1) is 16.7 Å². The molecule has 0 saturated carbocycles. The molecule has 1 atom stereocenters. The van der Waals surface area contributed by atoms with Crippen LogP contribution in [0.3, 0.4) is 0 Å². The van der Waals surface area contributed by atoms with Crippen LogP contribution in [0.4, 0.5) is 0 Å². The van der Waals surface area contributed by atoms with Gasteiger partial charge in [0.05, 0.1) is 19.1 Å². The fraction of sp³-hybridized carbons (Fsp3) is 0.679. The molecule has 0 radical (unpaired) electrons. The van der Waals surface area contributed by atoms with Crippen molar-refractivity contribution in [3.63, 3.8) is 0 Å². The Bertz CT molecular complexity index is 817. The van der Waals surface area contributed by atoms with Crippen molar-refractivity contribution in [1.29, 1.82) is 0 Å². The van der Waals surface area contributed by atoms with Crippen molar-refractivity contribution in [3.8, 4) is 5.75 Å². The van der Waals surface area contributed by atoms with Gasteiger partial charge in [0.1, 0.15) is 17.1 Å². The number of ketones is 3. The molecule has 0 aromatic heterocycles. The molecule has 0 fully saturated rings. The monoisotopic (exact) mass is 459 g/mol. The third kappa shape index (κ3) is 9.79. The van der Waals surface area contributed by atoms with Gasteiger partial charge < -0.3 is 4.74 Å². The van der Waals surface area contributed by atoms with Gasteiger partial charge in [0, 0.05) is 16.7 Å². The Hall–Kier alpha value is -2.01. The average Bonchev–Trinajstić information content (AvgIpc) is 2.63. The lowest BCUT2D eigenvalue weighted by molar-refractivity contribution is -0.136. The Morgan fingerprint density at radius 3 is 1.73 bits per heavy atom. The summed E-state index contributed by atoms with van der Waals surface area (Å²) in [6, 6.07) is 7.15. The maximum Gasteiger partial charge on any atom is 0.155 e. The number of ether oxygens (including phenoxy) is 1. The van der Waals surface area contributed by atoms with E-state index < -0.39 is 16.9 Å². The Labute approximate surface area is 201 Å². The molecule has 0 amide bonds. The van der Waals surface area contributed by atoms with Crippen molar-refractivity contribution in [2.45, 2.75) is 94.2 Å². The highest BCUT2D eigenvalue weighted by atomic mass is 16.5. The summed E-state index contributed by atoms with van der Waals surface area (Å²) in [7, 11) is 0. The molecule has 186 valence electrons. The van der Waals surface area contributed by atoms with Crippen molar-refractivity contribution in [1.82, 2.24) is 4.90 Å². The zero-order valence-electron chi connectivity index (χ0n) is 22.7. The van der Waals surface area contributed by atoms with Crippen molar-refractivity contribution in [2.24, 2.45) is 16.7 Å². The molecule has 0 aliphatic rings. The predicted octanol–water partition coefficient (Wildman–Crippen LogP) is 5.53. The first-order valence-corrected chi connectivity index (χ1v) is 11.9. The Morgan fingerprint density at radius 2 is 1.33 bits per heavy atom. The molecule has 0 aliphatic carbocycles.